The number of nitrogens with zero attached hydrogens (tertiary/aromatic N) is 1. The van der Waals surface area contributed by atoms with E-state index in [-0.39, 0.29) is 35.7 Å². The van der Waals surface area contributed by atoms with E-state index in [1.165, 1.54) is 19.3 Å². The van der Waals surface area contributed by atoms with Crippen LogP contribution in [0.4, 0.5) is 0 Å². The molecule has 0 spiro atoms. The Morgan fingerprint density at radius 3 is 2.89 bits per heavy atom. The molecule has 1 aromatic heterocycles. The SMILES string of the molecule is CCCCCC=CCC(O)C=Cc1cccc(CC2CCCC(O)O2)n1.[Na]. The van der Waals surface area contributed by atoms with Gasteiger partial charge in [0.25, 0.3) is 0 Å². The Balaban J connectivity index is 0.00000364. The van der Waals surface area contributed by atoms with Gasteiger partial charge in [0, 0.05) is 41.7 Å². The van der Waals surface area contributed by atoms with Crippen molar-refractivity contribution >= 4 is 35.6 Å². The molecule has 0 aromatic carbocycles. The predicted molar refractivity (Wildman–Crippen MR) is 111 cm³/mol. The molecule has 4 nitrogen and oxygen atoms in total. The zero-order valence-corrected chi connectivity index (χ0v) is 18.9. The number of aliphatic hydroxyl groups excluding tert-OH is 2. The summed E-state index contributed by atoms with van der Waals surface area (Å²) < 4.78 is 5.56. The van der Waals surface area contributed by atoms with Gasteiger partial charge in [0.15, 0.2) is 6.29 Å². The molecule has 145 valence electrons. The van der Waals surface area contributed by atoms with Crippen molar-refractivity contribution in [2.75, 3.05) is 0 Å². The molecule has 2 rings (SSSR count). The van der Waals surface area contributed by atoms with Crippen molar-refractivity contribution in [3.8, 4) is 0 Å². The predicted octanol–water partition coefficient (Wildman–Crippen LogP) is 4.03. The Morgan fingerprint density at radius 1 is 1.26 bits per heavy atom. The van der Waals surface area contributed by atoms with Crippen LogP contribution < -0.4 is 0 Å². The molecule has 0 amide bonds. The van der Waals surface area contributed by atoms with Crippen LogP contribution >= 0.6 is 0 Å². The molecule has 3 unspecified atom stereocenters. The minimum absolute atomic E-state index is 0. The molecule has 0 aliphatic carbocycles. The van der Waals surface area contributed by atoms with E-state index in [0.29, 0.717) is 12.8 Å². The second-order valence-electron chi connectivity index (χ2n) is 7.03. The summed E-state index contributed by atoms with van der Waals surface area (Å²) in [6.07, 6.45) is 15.6. The molecule has 0 saturated carbocycles. The Hall–Kier alpha value is -0.490. The topological polar surface area (TPSA) is 62.6 Å². The van der Waals surface area contributed by atoms with Gasteiger partial charge in [-0.15, -0.1) is 0 Å². The molecule has 0 bridgehead atoms. The maximum Gasteiger partial charge on any atom is 0.154 e. The summed E-state index contributed by atoms with van der Waals surface area (Å²) in [4.78, 5) is 4.62. The summed E-state index contributed by atoms with van der Waals surface area (Å²) >= 11 is 0. The van der Waals surface area contributed by atoms with Crippen LogP contribution in [0.1, 0.15) is 69.7 Å². The first-order chi connectivity index (χ1) is 12.7. The summed E-state index contributed by atoms with van der Waals surface area (Å²) in [6, 6.07) is 5.89. The molecule has 2 N–H and O–H groups in total. The van der Waals surface area contributed by atoms with Gasteiger partial charge in [0.1, 0.15) is 0 Å². The third-order valence-corrected chi connectivity index (χ3v) is 4.60. The Morgan fingerprint density at radius 2 is 2.11 bits per heavy atom. The number of ether oxygens (including phenoxy) is 1. The fraction of sp³-hybridized carbons (Fsp3) is 0.591. The van der Waals surface area contributed by atoms with E-state index in [1.807, 2.05) is 24.3 Å². The van der Waals surface area contributed by atoms with E-state index in [9.17, 15) is 10.2 Å². The van der Waals surface area contributed by atoms with Gasteiger partial charge in [0.2, 0.25) is 0 Å². The number of hydrogen-bond donors (Lipinski definition) is 2. The van der Waals surface area contributed by atoms with E-state index in [4.69, 9.17) is 4.74 Å². The standard InChI is InChI=1S/C22H33NO3.Na/c1-2-3-4-5-6-7-12-20(24)16-15-18-10-8-11-19(23-18)17-21-13-9-14-22(25)26-21;/h6-8,10-11,15-16,20-22,24-25H,2-5,9,12-14,17H2,1H3;. The van der Waals surface area contributed by atoms with Crippen molar-refractivity contribution in [2.45, 2.75) is 83.2 Å². The van der Waals surface area contributed by atoms with Crippen molar-refractivity contribution < 1.29 is 14.9 Å². The normalized spacial score (nSPS) is 21.4. The van der Waals surface area contributed by atoms with Gasteiger partial charge in [-0.3, -0.25) is 4.98 Å². The summed E-state index contributed by atoms with van der Waals surface area (Å²) in [6.45, 7) is 2.20. The van der Waals surface area contributed by atoms with Crippen LogP contribution in [0.15, 0.2) is 36.4 Å². The zero-order chi connectivity index (χ0) is 18.6. The van der Waals surface area contributed by atoms with Crippen LogP contribution in [0.25, 0.3) is 6.08 Å². The third kappa shape index (κ3) is 10.6. The molecule has 27 heavy (non-hydrogen) atoms. The Bertz CT molecular complexity index is 576. The molecule has 1 aliphatic rings. The molecular weight excluding hydrogens is 349 g/mol. The van der Waals surface area contributed by atoms with Crippen LogP contribution in [0.5, 0.6) is 0 Å². The van der Waals surface area contributed by atoms with Gasteiger partial charge in [-0.05, 0) is 56.7 Å². The van der Waals surface area contributed by atoms with Gasteiger partial charge in [-0.2, -0.15) is 0 Å². The van der Waals surface area contributed by atoms with Crippen LogP contribution in [0.2, 0.25) is 0 Å². The number of hydrogen-bond acceptors (Lipinski definition) is 4. The number of aliphatic hydroxyl groups is 2. The number of rotatable bonds is 10. The summed E-state index contributed by atoms with van der Waals surface area (Å²) in [7, 11) is 0. The zero-order valence-electron chi connectivity index (χ0n) is 16.9. The van der Waals surface area contributed by atoms with Gasteiger partial charge >= 0.3 is 0 Å². The summed E-state index contributed by atoms with van der Waals surface area (Å²) in [5.41, 5.74) is 1.79. The fourth-order valence-electron chi connectivity index (χ4n) is 3.12. The minimum atomic E-state index is -0.637. The molecule has 1 aliphatic heterocycles. The van der Waals surface area contributed by atoms with Crippen LogP contribution in [0.3, 0.4) is 0 Å². The second-order valence-corrected chi connectivity index (χ2v) is 7.03. The third-order valence-electron chi connectivity index (χ3n) is 4.60. The van der Waals surface area contributed by atoms with Crippen LogP contribution in [-0.4, -0.2) is 63.3 Å². The van der Waals surface area contributed by atoms with Crippen molar-refractivity contribution in [2.24, 2.45) is 0 Å². The quantitative estimate of drug-likeness (QED) is 0.364. The average Bonchev–Trinajstić information content (AvgIpc) is 2.63. The number of unbranched alkanes of at least 4 members (excludes halogenated alkanes) is 3. The summed E-state index contributed by atoms with van der Waals surface area (Å²) in [5, 5.41) is 19.7. The van der Waals surface area contributed by atoms with Crippen LogP contribution in [0, 0.1) is 0 Å². The number of allylic oxidation sites excluding steroid dienone is 1. The van der Waals surface area contributed by atoms with Gasteiger partial charge in [-0.25, -0.2) is 0 Å². The van der Waals surface area contributed by atoms with Crippen molar-refractivity contribution in [1.82, 2.24) is 4.98 Å². The smallest absolute Gasteiger partial charge is 0.154 e. The maximum absolute atomic E-state index is 10.1. The first-order valence-electron chi connectivity index (χ1n) is 9.98. The molecule has 1 fully saturated rings. The average molecular weight is 383 g/mol. The summed E-state index contributed by atoms with van der Waals surface area (Å²) in [5.74, 6) is 0. The van der Waals surface area contributed by atoms with Crippen molar-refractivity contribution in [3.05, 3.63) is 47.8 Å². The molecule has 1 radical (unpaired) electrons. The minimum Gasteiger partial charge on any atom is -0.389 e. The molecule has 5 heteroatoms. The second kappa shape index (κ2) is 14.5. The number of pyridine rings is 1. The van der Waals surface area contributed by atoms with E-state index in [0.717, 1.165) is 37.1 Å². The van der Waals surface area contributed by atoms with E-state index >= 15 is 0 Å². The molecular formula is C22H33NNaO3. The monoisotopic (exact) mass is 382 g/mol. The maximum atomic E-state index is 10.1. The van der Waals surface area contributed by atoms with Gasteiger partial charge in [-0.1, -0.05) is 44.1 Å². The molecule has 1 saturated heterocycles. The first kappa shape index (κ1) is 24.5. The van der Waals surface area contributed by atoms with Crippen LogP contribution in [-0.2, 0) is 11.2 Å². The van der Waals surface area contributed by atoms with E-state index in [2.05, 4.69) is 24.1 Å². The Kier molecular flexibility index (Phi) is 13.2. The van der Waals surface area contributed by atoms with Crippen molar-refractivity contribution in [1.29, 1.82) is 0 Å². The van der Waals surface area contributed by atoms with Gasteiger partial charge < -0.3 is 14.9 Å². The molecule has 2 heterocycles. The molecule has 1 aromatic rings. The first-order valence-corrected chi connectivity index (χ1v) is 9.98. The van der Waals surface area contributed by atoms with E-state index in [1.54, 1.807) is 6.08 Å². The van der Waals surface area contributed by atoms with E-state index < -0.39 is 12.4 Å². The largest absolute Gasteiger partial charge is 0.389 e. The molecule has 3 atom stereocenters. The Labute approximate surface area is 186 Å². The fourth-order valence-corrected chi connectivity index (χ4v) is 3.12. The van der Waals surface area contributed by atoms with Gasteiger partial charge in [0.05, 0.1) is 17.9 Å². The number of aromatic nitrogens is 1. The van der Waals surface area contributed by atoms with Crippen molar-refractivity contribution in [3.63, 3.8) is 0 Å².